The number of allylic oxidation sites excluding steroid dienone is 1. The standard InChI is InChI=1S/C16H14O2/c17-16(18)8-11-5-6-14-9-12-3-1-2-4-13(12)10-15(14)7-11/h1-4,8-10H,5-7H2,(H,17,18). The Morgan fingerprint density at radius 2 is 1.72 bits per heavy atom. The first-order chi connectivity index (χ1) is 8.72. The van der Waals surface area contributed by atoms with Gasteiger partial charge in [0.1, 0.15) is 0 Å². The van der Waals surface area contributed by atoms with Gasteiger partial charge in [0.2, 0.25) is 0 Å². The van der Waals surface area contributed by atoms with E-state index in [9.17, 15) is 4.79 Å². The van der Waals surface area contributed by atoms with E-state index in [4.69, 9.17) is 5.11 Å². The molecule has 2 nitrogen and oxygen atoms in total. The van der Waals surface area contributed by atoms with Gasteiger partial charge in [-0.05, 0) is 41.2 Å². The van der Waals surface area contributed by atoms with Crippen molar-refractivity contribution in [3.63, 3.8) is 0 Å². The van der Waals surface area contributed by atoms with Gasteiger partial charge in [0, 0.05) is 6.08 Å². The maximum Gasteiger partial charge on any atom is 0.328 e. The zero-order valence-electron chi connectivity index (χ0n) is 10.0. The lowest BCUT2D eigenvalue weighted by Crippen LogP contribution is -2.07. The molecule has 0 radical (unpaired) electrons. The van der Waals surface area contributed by atoms with Crippen LogP contribution in [0.25, 0.3) is 10.8 Å². The van der Waals surface area contributed by atoms with Crippen LogP contribution in [-0.2, 0) is 17.6 Å². The van der Waals surface area contributed by atoms with Gasteiger partial charge in [-0.2, -0.15) is 0 Å². The Balaban J connectivity index is 2.05. The largest absolute Gasteiger partial charge is 0.478 e. The van der Waals surface area contributed by atoms with Crippen LogP contribution in [0.4, 0.5) is 0 Å². The molecular formula is C16H14O2. The van der Waals surface area contributed by atoms with Gasteiger partial charge in [-0.3, -0.25) is 0 Å². The van der Waals surface area contributed by atoms with Crippen molar-refractivity contribution in [2.45, 2.75) is 19.3 Å². The molecule has 0 aliphatic heterocycles. The lowest BCUT2D eigenvalue weighted by Gasteiger charge is -2.19. The highest BCUT2D eigenvalue weighted by Crippen LogP contribution is 2.29. The molecule has 1 aliphatic rings. The third kappa shape index (κ3) is 2.02. The molecule has 0 amide bonds. The van der Waals surface area contributed by atoms with E-state index in [-0.39, 0.29) is 0 Å². The van der Waals surface area contributed by atoms with Gasteiger partial charge in [-0.25, -0.2) is 4.79 Å². The summed E-state index contributed by atoms with van der Waals surface area (Å²) in [4.78, 5) is 10.7. The third-order valence-corrected chi connectivity index (χ3v) is 3.53. The van der Waals surface area contributed by atoms with Crippen LogP contribution in [0.2, 0.25) is 0 Å². The van der Waals surface area contributed by atoms with Crippen LogP contribution in [-0.4, -0.2) is 11.1 Å². The van der Waals surface area contributed by atoms with Gasteiger partial charge in [-0.1, -0.05) is 42.0 Å². The summed E-state index contributed by atoms with van der Waals surface area (Å²) in [6.07, 6.45) is 3.93. The number of benzene rings is 2. The Labute approximate surface area is 106 Å². The number of hydrogen-bond donors (Lipinski definition) is 1. The van der Waals surface area contributed by atoms with Crippen molar-refractivity contribution in [3.05, 3.63) is 59.2 Å². The van der Waals surface area contributed by atoms with Crippen LogP contribution >= 0.6 is 0 Å². The van der Waals surface area contributed by atoms with Crippen LogP contribution in [0.1, 0.15) is 17.5 Å². The average molecular weight is 238 g/mol. The minimum atomic E-state index is -0.839. The summed E-state index contributed by atoms with van der Waals surface area (Å²) in [5.41, 5.74) is 3.65. The van der Waals surface area contributed by atoms with Crippen molar-refractivity contribution in [1.29, 1.82) is 0 Å². The van der Waals surface area contributed by atoms with Gasteiger partial charge < -0.3 is 5.11 Å². The second-order valence-electron chi connectivity index (χ2n) is 4.79. The number of carboxylic acids is 1. The van der Waals surface area contributed by atoms with Crippen molar-refractivity contribution in [3.8, 4) is 0 Å². The maximum atomic E-state index is 10.7. The highest BCUT2D eigenvalue weighted by molar-refractivity contribution is 5.85. The van der Waals surface area contributed by atoms with Gasteiger partial charge in [0.05, 0.1) is 0 Å². The zero-order valence-corrected chi connectivity index (χ0v) is 10.0. The highest BCUT2D eigenvalue weighted by atomic mass is 16.4. The maximum absolute atomic E-state index is 10.7. The first-order valence-electron chi connectivity index (χ1n) is 6.15. The van der Waals surface area contributed by atoms with Crippen LogP contribution < -0.4 is 0 Å². The Kier molecular flexibility index (Phi) is 2.63. The highest BCUT2D eigenvalue weighted by Gasteiger charge is 2.14. The monoisotopic (exact) mass is 238 g/mol. The van der Waals surface area contributed by atoms with E-state index in [1.165, 1.54) is 28.0 Å². The Morgan fingerprint density at radius 1 is 1.06 bits per heavy atom. The molecule has 2 aromatic rings. The molecule has 0 unspecified atom stereocenters. The molecule has 3 rings (SSSR count). The molecule has 0 saturated carbocycles. The van der Waals surface area contributed by atoms with Crippen molar-refractivity contribution >= 4 is 16.7 Å². The molecule has 2 aromatic carbocycles. The van der Waals surface area contributed by atoms with Crippen molar-refractivity contribution in [2.75, 3.05) is 0 Å². The average Bonchev–Trinajstić information content (AvgIpc) is 2.35. The quantitative estimate of drug-likeness (QED) is 0.774. The molecule has 0 saturated heterocycles. The second kappa shape index (κ2) is 4.30. The Morgan fingerprint density at radius 3 is 2.39 bits per heavy atom. The number of rotatable bonds is 1. The summed E-state index contributed by atoms with van der Waals surface area (Å²) < 4.78 is 0. The normalized spacial score (nSPS) is 16.8. The summed E-state index contributed by atoms with van der Waals surface area (Å²) in [5.74, 6) is -0.839. The van der Waals surface area contributed by atoms with E-state index in [0.717, 1.165) is 24.8 Å². The first-order valence-corrected chi connectivity index (χ1v) is 6.15. The minimum Gasteiger partial charge on any atom is -0.478 e. The number of aliphatic carboxylic acids is 1. The summed E-state index contributed by atoms with van der Waals surface area (Å²) in [5, 5.41) is 11.3. The second-order valence-corrected chi connectivity index (χ2v) is 4.79. The minimum absolute atomic E-state index is 0.770. The number of hydrogen-bond acceptors (Lipinski definition) is 1. The van der Waals surface area contributed by atoms with Gasteiger partial charge in [-0.15, -0.1) is 0 Å². The molecule has 0 bridgehead atoms. The Hall–Kier alpha value is -2.09. The van der Waals surface area contributed by atoms with Crippen molar-refractivity contribution in [1.82, 2.24) is 0 Å². The molecule has 1 N–H and O–H groups in total. The lowest BCUT2D eigenvalue weighted by atomic mass is 9.86. The molecule has 2 heteroatoms. The van der Waals surface area contributed by atoms with E-state index in [1.54, 1.807) is 0 Å². The molecule has 18 heavy (non-hydrogen) atoms. The zero-order chi connectivity index (χ0) is 12.5. The number of carbonyl (C=O) groups is 1. The smallest absolute Gasteiger partial charge is 0.328 e. The predicted molar refractivity (Wildman–Crippen MR) is 71.7 cm³/mol. The van der Waals surface area contributed by atoms with Crippen molar-refractivity contribution < 1.29 is 9.90 Å². The van der Waals surface area contributed by atoms with Crippen molar-refractivity contribution in [2.24, 2.45) is 0 Å². The fourth-order valence-corrected chi connectivity index (χ4v) is 2.66. The summed E-state index contributed by atoms with van der Waals surface area (Å²) >= 11 is 0. The molecule has 0 fully saturated rings. The molecule has 0 spiro atoms. The number of fused-ring (bicyclic) bond motifs is 2. The lowest BCUT2D eigenvalue weighted by molar-refractivity contribution is -0.131. The fraction of sp³-hybridized carbons (Fsp3) is 0.188. The van der Waals surface area contributed by atoms with Gasteiger partial charge in [0.15, 0.2) is 0 Å². The summed E-state index contributed by atoms with van der Waals surface area (Å²) in [7, 11) is 0. The van der Waals surface area contributed by atoms with Gasteiger partial charge in [0.25, 0.3) is 0 Å². The molecule has 0 atom stereocenters. The molecule has 0 aromatic heterocycles. The summed E-state index contributed by atoms with van der Waals surface area (Å²) in [6.45, 7) is 0. The van der Waals surface area contributed by atoms with Gasteiger partial charge >= 0.3 is 5.97 Å². The molecule has 0 heterocycles. The summed E-state index contributed by atoms with van der Waals surface area (Å²) in [6, 6.07) is 12.7. The van der Waals surface area contributed by atoms with E-state index in [2.05, 4.69) is 24.3 Å². The van der Waals surface area contributed by atoms with Crippen LogP contribution in [0.3, 0.4) is 0 Å². The fourth-order valence-electron chi connectivity index (χ4n) is 2.66. The first kappa shape index (κ1) is 11.0. The SMILES string of the molecule is O=C(O)C=C1CCc2cc3ccccc3cc2C1. The van der Waals surface area contributed by atoms with Crippen LogP contribution in [0, 0.1) is 0 Å². The molecule has 1 aliphatic carbocycles. The van der Waals surface area contributed by atoms with E-state index < -0.39 is 5.97 Å². The third-order valence-electron chi connectivity index (χ3n) is 3.53. The predicted octanol–water partition coefficient (Wildman–Crippen LogP) is 3.34. The van der Waals surface area contributed by atoms with E-state index in [1.807, 2.05) is 12.1 Å². The Bertz CT molecular complexity index is 653. The molecule has 90 valence electrons. The topological polar surface area (TPSA) is 37.3 Å². The number of aryl methyl sites for hydroxylation is 1. The molecular weight excluding hydrogens is 224 g/mol. The van der Waals surface area contributed by atoms with Crippen LogP contribution in [0.15, 0.2) is 48.0 Å². The number of carboxylic acid groups (broad SMARTS) is 1. The van der Waals surface area contributed by atoms with Crippen LogP contribution in [0.5, 0.6) is 0 Å². The van der Waals surface area contributed by atoms with E-state index >= 15 is 0 Å². The van der Waals surface area contributed by atoms with E-state index in [0.29, 0.717) is 0 Å².